The van der Waals surface area contributed by atoms with Crippen molar-refractivity contribution in [3.05, 3.63) is 45.8 Å². The quantitative estimate of drug-likeness (QED) is 0.783. The third kappa shape index (κ3) is 1.61. The number of pyridine rings is 1. The van der Waals surface area contributed by atoms with Gasteiger partial charge in [-0.2, -0.15) is 0 Å². The molecule has 1 aliphatic carbocycles. The second kappa shape index (κ2) is 3.98. The molecule has 1 fully saturated rings. The Morgan fingerprint density at radius 1 is 1.21 bits per heavy atom. The minimum Gasteiger partial charge on any atom is -0.485 e. The Labute approximate surface area is 110 Å². The Kier molecular flexibility index (Phi) is 2.28. The summed E-state index contributed by atoms with van der Waals surface area (Å²) in [5, 5.41) is 0.998. The molecule has 1 saturated carbocycles. The predicted octanol–water partition coefficient (Wildman–Crippen LogP) is 3.25. The SMILES string of the molecule is O=c1[nH]c2ccccc2c2c1C=C1CCCCC1O2. The first kappa shape index (κ1) is 10.9. The summed E-state index contributed by atoms with van der Waals surface area (Å²) in [6.07, 6.45) is 6.74. The van der Waals surface area contributed by atoms with E-state index in [-0.39, 0.29) is 11.7 Å². The van der Waals surface area contributed by atoms with Crippen LogP contribution in [0.5, 0.6) is 5.75 Å². The van der Waals surface area contributed by atoms with Gasteiger partial charge >= 0.3 is 0 Å². The largest absolute Gasteiger partial charge is 0.485 e. The molecule has 2 heterocycles. The van der Waals surface area contributed by atoms with Crippen LogP contribution in [0.15, 0.2) is 34.6 Å². The smallest absolute Gasteiger partial charge is 0.259 e. The summed E-state index contributed by atoms with van der Waals surface area (Å²) < 4.78 is 6.14. The average molecular weight is 253 g/mol. The predicted molar refractivity (Wildman–Crippen MR) is 75.4 cm³/mol. The molecule has 1 aliphatic heterocycles. The number of fused-ring (bicyclic) bond motifs is 4. The lowest BCUT2D eigenvalue weighted by atomic mass is 9.88. The molecule has 1 unspecified atom stereocenters. The zero-order chi connectivity index (χ0) is 12.8. The number of benzene rings is 1. The number of hydrogen-bond acceptors (Lipinski definition) is 2. The molecule has 3 heteroatoms. The first-order valence-corrected chi connectivity index (χ1v) is 6.85. The lowest BCUT2D eigenvalue weighted by Gasteiger charge is -2.31. The number of rotatable bonds is 0. The minimum absolute atomic E-state index is 0.0507. The van der Waals surface area contributed by atoms with Crippen LogP contribution < -0.4 is 10.3 Å². The highest BCUT2D eigenvalue weighted by Crippen LogP contribution is 2.38. The molecule has 2 aliphatic rings. The molecule has 1 atom stereocenters. The van der Waals surface area contributed by atoms with Crippen molar-refractivity contribution in [2.24, 2.45) is 0 Å². The Bertz CT molecular complexity index is 742. The average Bonchev–Trinajstić information content (AvgIpc) is 2.46. The number of para-hydroxylation sites is 1. The van der Waals surface area contributed by atoms with Gasteiger partial charge in [-0.3, -0.25) is 4.79 Å². The van der Waals surface area contributed by atoms with E-state index in [4.69, 9.17) is 4.74 Å². The van der Waals surface area contributed by atoms with Crippen molar-refractivity contribution in [3.8, 4) is 5.75 Å². The zero-order valence-corrected chi connectivity index (χ0v) is 10.6. The van der Waals surface area contributed by atoms with Crippen LogP contribution in [-0.4, -0.2) is 11.1 Å². The topological polar surface area (TPSA) is 42.1 Å². The standard InChI is InChI=1S/C16H15NO2/c18-16-12-9-10-5-1-4-8-14(10)19-15(12)11-6-2-3-7-13(11)17-16/h2-3,6-7,9,14H,1,4-5,8H2,(H,17,18). The van der Waals surface area contributed by atoms with Crippen LogP contribution in [0.3, 0.4) is 0 Å². The van der Waals surface area contributed by atoms with E-state index >= 15 is 0 Å². The summed E-state index contributed by atoms with van der Waals surface area (Å²) in [6.45, 7) is 0. The van der Waals surface area contributed by atoms with Gasteiger partial charge in [0.15, 0.2) is 0 Å². The molecule has 0 spiro atoms. The van der Waals surface area contributed by atoms with E-state index in [1.807, 2.05) is 30.3 Å². The molecule has 1 aromatic heterocycles. The molecule has 1 aromatic carbocycles. The van der Waals surface area contributed by atoms with Gasteiger partial charge in [-0.15, -0.1) is 0 Å². The number of ether oxygens (including phenoxy) is 1. The number of aromatic nitrogens is 1. The van der Waals surface area contributed by atoms with E-state index < -0.39 is 0 Å². The maximum atomic E-state index is 12.2. The van der Waals surface area contributed by atoms with Crippen molar-refractivity contribution >= 4 is 17.0 Å². The van der Waals surface area contributed by atoms with Crippen LogP contribution in [0.25, 0.3) is 17.0 Å². The highest BCUT2D eigenvalue weighted by Gasteiger charge is 2.27. The maximum Gasteiger partial charge on any atom is 0.259 e. The summed E-state index contributed by atoms with van der Waals surface area (Å²) >= 11 is 0. The van der Waals surface area contributed by atoms with Gasteiger partial charge < -0.3 is 9.72 Å². The fourth-order valence-electron chi connectivity index (χ4n) is 3.12. The van der Waals surface area contributed by atoms with Gasteiger partial charge in [0.2, 0.25) is 0 Å². The Balaban J connectivity index is 2.01. The molecule has 0 bridgehead atoms. The third-order valence-electron chi connectivity index (χ3n) is 4.09. The molecule has 4 rings (SSSR count). The Morgan fingerprint density at radius 3 is 3.05 bits per heavy atom. The molecule has 0 radical (unpaired) electrons. The molecule has 3 nitrogen and oxygen atoms in total. The summed E-state index contributed by atoms with van der Waals surface area (Å²) in [5.74, 6) is 0.759. The van der Waals surface area contributed by atoms with Crippen molar-refractivity contribution in [2.75, 3.05) is 0 Å². The maximum absolute atomic E-state index is 12.2. The second-order valence-electron chi connectivity index (χ2n) is 5.31. The van der Waals surface area contributed by atoms with Gasteiger partial charge in [0.25, 0.3) is 5.56 Å². The third-order valence-corrected chi connectivity index (χ3v) is 4.09. The first-order valence-electron chi connectivity index (χ1n) is 6.85. The van der Waals surface area contributed by atoms with E-state index in [0.717, 1.165) is 29.5 Å². The molecule has 0 saturated heterocycles. The number of hydrogen-bond donors (Lipinski definition) is 1. The zero-order valence-electron chi connectivity index (χ0n) is 10.6. The van der Waals surface area contributed by atoms with E-state index in [9.17, 15) is 4.79 Å². The number of H-pyrrole nitrogens is 1. The van der Waals surface area contributed by atoms with Crippen molar-refractivity contribution in [1.29, 1.82) is 0 Å². The number of aromatic amines is 1. The van der Waals surface area contributed by atoms with Gasteiger partial charge in [0, 0.05) is 5.39 Å². The van der Waals surface area contributed by atoms with Crippen LogP contribution in [0.4, 0.5) is 0 Å². The minimum atomic E-state index is -0.0507. The fraction of sp³-hybridized carbons (Fsp3) is 0.312. The van der Waals surface area contributed by atoms with Crippen LogP contribution in [-0.2, 0) is 0 Å². The summed E-state index contributed by atoms with van der Waals surface area (Å²) in [6, 6.07) is 7.83. The first-order chi connectivity index (χ1) is 9.33. The van der Waals surface area contributed by atoms with Gasteiger partial charge in [0.05, 0.1) is 11.1 Å². The van der Waals surface area contributed by atoms with Crippen molar-refractivity contribution in [1.82, 2.24) is 4.98 Å². The molecule has 96 valence electrons. The second-order valence-corrected chi connectivity index (χ2v) is 5.31. The fourth-order valence-corrected chi connectivity index (χ4v) is 3.12. The molecular formula is C16H15NO2. The summed E-state index contributed by atoms with van der Waals surface area (Å²) in [5.41, 5.74) is 2.76. The van der Waals surface area contributed by atoms with Gasteiger partial charge in [-0.25, -0.2) is 0 Å². The van der Waals surface area contributed by atoms with Crippen molar-refractivity contribution in [2.45, 2.75) is 31.8 Å². The molecule has 2 aromatic rings. The highest BCUT2D eigenvalue weighted by molar-refractivity contribution is 5.89. The van der Waals surface area contributed by atoms with Gasteiger partial charge in [-0.05, 0) is 49.5 Å². The lowest BCUT2D eigenvalue weighted by Crippen LogP contribution is -2.28. The van der Waals surface area contributed by atoms with Crippen molar-refractivity contribution in [3.63, 3.8) is 0 Å². The molecular weight excluding hydrogens is 238 g/mol. The van der Waals surface area contributed by atoms with E-state index in [1.54, 1.807) is 0 Å². The number of nitrogens with one attached hydrogen (secondary N) is 1. The van der Waals surface area contributed by atoms with Crippen molar-refractivity contribution < 1.29 is 4.74 Å². The van der Waals surface area contributed by atoms with E-state index in [1.165, 1.54) is 18.4 Å². The molecule has 0 amide bonds. The summed E-state index contributed by atoms with van der Waals surface area (Å²) in [7, 11) is 0. The van der Waals surface area contributed by atoms with Crippen LogP contribution in [0, 0.1) is 0 Å². The van der Waals surface area contributed by atoms with E-state index in [2.05, 4.69) is 4.98 Å². The monoisotopic (exact) mass is 253 g/mol. The Morgan fingerprint density at radius 2 is 2.11 bits per heavy atom. The summed E-state index contributed by atoms with van der Waals surface area (Å²) in [4.78, 5) is 15.1. The molecule has 1 N–H and O–H groups in total. The Hall–Kier alpha value is -2.03. The van der Waals surface area contributed by atoms with Crippen LogP contribution in [0.1, 0.15) is 31.2 Å². The normalized spacial score (nSPS) is 21.3. The van der Waals surface area contributed by atoms with Crippen LogP contribution >= 0.6 is 0 Å². The van der Waals surface area contributed by atoms with Crippen LogP contribution in [0.2, 0.25) is 0 Å². The molecule has 19 heavy (non-hydrogen) atoms. The van der Waals surface area contributed by atoms with Gasteiger partial charge in [-0.1, -0.05) is 12.1 Å². The van der Waals surface area contributed by atoms with Gasteiger partial charge in [0.1, 0.15) is 11.9 Å². The highest BCUT2D eigenvalue weighted by atomic mass is 16.5. The van der Waals surface area contributed by atoms with E-state index in [0.29, 0.717) is 5.56 Å². The lowest BCUT2D eigenvalue weighted by molar-refractivity contribution is 0.202.